The molecule has 0 atom stereocenters. The molecule has 1 saturated heterocycles. The highest BCUT2D eigenvalue weighted by molar-refractivity contribution is 5.65. The first-order valence-corrected chi connectivity index (χ1v) is 9.39. The molecule has 134 valence electrons. The van der Waals surface area contributed by atoms with Gasteiger partial charge in [-0.05, 0) is 36.1 Å². The lowest BCUT2D eigenvalue weighted by atomic mass is 9.99. The van der Waals surface area contributed by atoms with E-state index in [0.717, 1.165) is 62.0 Å². The van der Waals surface area contributed by atoms with Gasteiger partial charge in [-0.1, -0.05) is 39.0 Å². The van der Waals surface area contributed by atoms with Crippen LogP contribution < -0.4 is 15.0 Å². The summed E-state index contributed by atoms with van der Waals surface area (Å²) in [5.74, 6) is 2.49. The summed E-state index contributed by atoms with van der Waals surface area (Å²) in [7, 11) is 0. The second-order valence-electron chi connectivity index (χ2n) is 6.87. The van der Waals surface area contributed by atoms with Crippen molar-refractivity contribution in [1.29, 1.82) is 0 Å². The molecule has 0 spiro atoms. The van der Waals surface area contributed by atoms with Crippen molar-refractivity contribution < 1.29 is 4.74 Å². The monoisotopic (exact) mass is 339 g/mol. The van der Waals surface area contributed by atoms with Gasteiger partial charge in [0.15, 0.2) is 0 Å². The van der Waals surface area contributed by atoms with Crippen molar-refractivity contribution in [2.75, 3.05) is 37.7 Å². The highest BCUT2D eigenvalue weighted by Gasteiger charge is 2.14. The van der Waals surface area contributed by atoms with E-state index in [-0.39, 0.29) is 0 Å². The molecule has 4 heteroatoms. The average Bonchev–Trinajstić information content (AvgIpc) is 2.67. The van der Waals surface area contributed by atoms with Gasteiger partial charge in [0, 0.05) is 31.7 Å². The van der Waals surface area contributed by atoms with Gasteiger partial charge >= 0.3 is 0 Å². The first-order chi connectivity index (χ1) is 12.2. The summed E-state index contributed by atoms with van der Waals surface area (Å²) in [6, 6.07) is 12.8. The Morgan fingerprint density at radius 1 is 1.16 bits per heavy atom. The number of ether oxygens (including phenoxy) is 1. The Kier molecular flexibility index (Phi) is 5.92. The fraction of sp³-hybridized carbons (Fsp3) is 0.476. The smallest absolute Gasteiger partial charge is 0.129 e. The van der Waals surface area contributed by atoms with Crippen LogP contribution in [0.4, 0.5) is 5.82 Å². The van der Waals surface area contributed by atoms with E-state index in [9.17, 15) is 0 Å². The SMILES string of the molecule is CCCOc1cc(-c2cccc(N3CCNCC3)n2)ccc1C(C)C. The molecule has 0 aliphatic carbocycles. The molecule has 0 unspecified atom stereocenters. The van der Waals surface area contributed by atoms with Crippen LogP contribution >= 0.6 is 0 Å². The first kappa shape index (κ1) is 17.7. The molecule has 1 aliphatic rings. The zero-order valence-electron chi connectivity index (χ0n) is 15.6. The third kappa shape index (κ3) is 4.31. The number of benzene rings is 1. The number of rotatable bonds is 6. The van der Waals surface area contributed by atoms with E-state index < -0.39 is 0 Å². The molecule has 2 heterocycles. The van der Waals surface area contributed by atoms with Crippen LogP contribution in [0.3, 0.4) is 0 Å². The maximum atomic E-state index is 6.01. The Balaban J connectivity index is 1.90. The van der Waals surface area contributed by atoms with Gasteiger partial charge in [-0.2, -0.15) is 0 Å². The van der Waals surface area contributed by atoms with E-state index >= 15 is 0 Å². The standard InChI is InChI=1S/C21H29N3O/c1-4-14-25-20-15-17(8-9-18(20)16(2)3)19-6-5-7-21(23-19)24-12-10-22-11-13-24/h5-9,15-16,22H,4,10-14H2,1-3H3. The molecule has 25 heavy (non-hydrogen) atoms. The third-order valence-electron chi connectivity index (χ3n) is 4.57. The molecule has 2 aromatic rings. The number of nitrogens with zero attached hydrogens (tertiary/aromatic N) is 2. The molecule has 0 amide bonds. The molecule has 1 aromatic heterocycles. The molecule has 1 aliphatic heterocycles. The zero-order chi connectivity index (χ0) is 17.6. The molecule has 0 bridgehead atoms. The van der Waals surface area contributed by atoms with E-state index in [0.29, 0.717) is 5.92 Å². The van der Waals surface area contributed by atoms with Gasteiger partial charge in [-0.25, -0.2) is 4.98 Å². The van der Waals surface area contributed by atoms with Crippen LogP contribution in [-0.4, -0.2) is 37.8 Å². The Morgan fingerprint density at radius 2 is 1.96 bits per heavy atom. The Labute approximate surface area is 151 Å². The predicted molar refractivity (Wildman–Crippen MR) is 105 cm³/mol. The topological polar surface area (TPSA) is 37.4 Å². The van der Waals surface area contributed by atoms with Crippen LogP contribution in [0.25, 0.3) is 11.3 Å². The largest absolute Gasteiger partial charge is 0.493 e. The van der Waals surface area contributed by atoms with Gasteiger partial charge in [-0.3, -0.25) is 0 Å². The number of hydrogen-bond acceptors (Lipinski definition) is 4. The Morgan fingerprint density at radius 3 is 2.68 bits per heavy atom. The highest BCUT2D eigenvalue weighted by Crippen LogP contribution is 2.32. The van der Waals surface area contributed by atoms with Crippen LogP contribution in [0.5, 0.6) is 5.75 Å². The lowest BCUT2D eigenvalue weighted by Crippen LogP contribution is -2.43. The Bertz CT molecular complexity index is 693. The summed E-state index contributed by atoms with van der Waals surface area (Å²) in [6.07, 6.45) is 1.01. The van der Waals surface area contributed by atoms with Crippen molar-refractivity contribution in [3.05, 3.63) is 42.0 Å². The van der Waals surface area contributed by atoms with Gasteiger partial charge in [0.2, 0.25) is 0 Å². The highest BCUT2D eigenvalue weighted by atomic mass is 16.5. The number of piperazine rings is 1. The molecule has 4 nitrogen and oxygen atoms in total. The fourth-order valence-electron chi connectivity index (χ4n) is 3.16. The van der Waals surface area contributed by atoms with Crippen LogP contribution in [0.15, 0.2) is 36.4 Å². The molecule has 1 N–H and O–H groups in total. The minimum Gasteiger partial charge on any atom is -0.493 e. The first-order valence-electron chi connectivity index (χ1n) is 9.39. The summed E-state index contributed by atoms with van der Waals surface area (Å²) in [4.78, 5) is 7.25. The minimum absolute atomic E-state index is 0.445. The van der Waals surface area contributed by atoms with Crippen molar-refractivity contribution >= 4 is 5.82 Å². The van der Waals surface area contributed by atoms with Crippen molar-refractivity contribution in [1.82, 2.24) is 10.3 Å². The number of nitrogens with one attached hydrogen (secondary N) is 1. The Hall–Kier alpha value is -2.07. The zero-order valence-corrected chi connectivity index (χ0v) is 15.6. The molecular weight excluding hydrogens is 310 g/mol. The molecule has 1 aromatic carbocycles. The summed E-state index contributed by atoms with van der Waals surface area (Å²) in [5.41, 5.74) is 3.38. The van der Waals surface area contributed by atoms with Crippen molar-refractivity contribution in [2.45, 2.75) is 33.1 Å². The number of anilines is 1. The quantitative estimate of drug-likeness (QED) is 0.861. The summed E-state index contributed by atoms with van der Waals surface area (Å²) in [5, 5.41) is 3.39. The van der Waals surface area contributed by atoms with Gasteiger partial charge in [-0.15, -0.1) is 0 Å². The van der Waals surface area contributed by atoms with Gasteiger partial charge in [0.25, 0.3) is 0 Å². The van der Waals surface area contributed by atoms with E-state index in [1.165, 1.54) is 5.56 Å². The molecule has 0 radical (unpaired) electrons. The third-order valence-corrected chi connectivity index (χ3v) is 4.57. The second-order valence-corrected chi connectivity index (χ2v) is 6.87. The van der Waals surface area contributed by atoms with Gasteiger partial charge in [0.1, 0.15) is 11.6 Å². The predicted octanol–water partition coefficient (Wildman–Crippen LogP) is 4.07. The number of hydrogen-bond donors (Lipinski definition) is 1. The van der Waals surface area contributed by atoms with E-state index in [1.54, 1.807) is 0 Å². The van der Waals surface area contributed by atoms with Crippen molar-refractivity contribution in [2.24, 2.45) is 0 Å². The molecule has 0 saturated carbocycles. The summed E-state index contributed by atoms with van der Waals surface area (Å²) in [6.45, 7) is 11.3. The van der Waals surface area contributed by atoms with Gasteiger partial charge in [0.05, 0.1) is 12.3 Å². The number of aromatic nitrogens is 1. The summed E-state index contributed by atoms with van der Waals surface area (Å²) >= 11 is 0. The van der Waals surface area contributed by atoms with Crippen LogP contribution in [0.1, 0.15) is 38.7 Å². The molecule has 3 rings (SSSR count). The molecular formula is C21H29N3O. The van der Waals surface area contributed by atoms with E-state index in [2.05, 4.69) is 67.4 Å². The van der Waals surface area contributed by atoms with Crippen LogP contribution in [0, 0.1) is 0 Å². The van der Waals surface area contributed by atoms with E-state index in [1.807, 2.05) is 0 Å². The minimum atomic E-state index is 0.445. The van der Waals surface area contributed by atoms with Crippen molar-refractivity contribution in [3.63, 3.8) is 0 Å². The maximum absolute atomic E-state index is 6.01. The van der Waals surface area contributed by atoms with Crippen molar-refractivity contribution in [3.8, 4) is 17.0 Å². The lowest BCUT2D eigenvalue weighted by Gasteiger charge is -2.28. The van der Waals surface area contributed by atoms with Gasteiger partial charge < -0.3 is 15.0 Å². The fourth-order valence-corrected chi connectivity index (χ4v) is 3.16. The second kappa shape index (κ2) is 8.34. The van der Waals surface area contributed by atoms with Crippen LogP contribution in [0.2, 0.25) is 0 Å². The van der Waals surface area contributed by atoms with E-state index in [4.69, 9.17) is 9.72 Å². The van der Waals surface area contributed by atoms with Crippen LogP contribution in [-0.2, 0) is 0 Å². The molecule has 1 fully saturated rings. The maximum Gasteiger partial charge on any atom is 0.129 e. The lowest BCUT2D eigenvalue weighted by molar-refractivity contribution is 0.313. The normalized spacial score (nSPS) is 14.8. The number of pyridine rings is 1. The summed E-state index contributed by atoms with van der Waals surface area (Å²) < 4.78 is 6.01. The average molecular weight is 339 g/mol.